The maximum absolute atomic E-state index is 12.2. The molecule has 3 rings (SSSR count). The number of carbonyl (C=O) groups excluding carboxylic acids is 5. The summed E-state index contributed by atoms with van der Waals surface area (Å²) < 4.78 is 9.94. The van der Waals surface area contributed by atoms with Crippen LogP contribution in [0.25, 0.3) is 0 Å². The molecule has 1 saturated heterocycles. The predicted molar refractivity (Wildman–Crippen MR) is 111 cm³/mol. The summed E-state index contributed by atoms with van der Waals surface area (Å²) in [5, 5.41) is 6.92. The van der Waals surface area contributed by atoms with Gasteiger partial charge in [-0.1, -0.05) is 12.1 Å². The van der Waals surface area contributed by atoms with Crippen molar-refractivity contribution in [3.05, 3.63) is 59.7 Å². The Kier molecular flexibility index (Phi) is 7.01. The summed E-state index contributed by atoms with van der Waals surface area (Å²) in [6, 6.07) is 11.3. The summed E-state index contributed by atoms with van der Waals surface area (Å²) in [5.41, 5.74) is 1.10. The minimum atomic E-state index is -0.820. The van der Waals surface area contributed by atoms with Crippen molar-refractivity contribution in [1.29, 1.82) is 0 Å². The molecule has 0 unspecified atom stereocenters. The Morgan fingerprint density at radius 3 is 2.50 bits per heavy atom. The molecule has 0 aromatic heterocycles. The Hall–Kier alpha value is -4.41. The predicted octanol–water partition coefficient (Wildman–Crippen LogP) is 1.25. The van der Waals surface area contributed by atoms with Gasteiger partial charge in [0.1, 0.15) is 5.75 Å². The van der Waals surface area contributed by atoms with Crippen molar-refractivity contribution in [1.82, 2.24) is 15.5 Å². The van der Waals surface area contributed by atoms with E-state index in [0.717, 1.165) is 4.90 Å². The number of hydrogen-bond acceptors (Lipinski definition) is 7. The standard InChI is InChI=1S/C21H20N4O7/c1-31-16-7-5-15(6-8-16)23-20(29)24-17(26)12-32-19(28)14-4-2-3-13(9-14)11-25-18(27)10-22-21(25)30/h2-9H,10-12H2,1H3,(H,22,30)(H2,23,24,26,29). The molecule has 2 aromatic carbocycles. The lowest BCUT2D eigenvalue weighted by molar-refractivity contribution is -0.125. The molecule has 0 bridgehead atoms. The van der Waals surface area contributed by atoms with Gasteiger partial charge in [0.05, 0.1) is 25.8 Å². The second-order valence-corrected chi connectivity index (χ2v) is 6.65. The molecule has 0 atom stereocenters. The minimum Gasteiger partial charge on any atom is -0.497 e. The summed E-state index contributed by atoms with van der Waals surface area (Å²) in [6.45, 7) is -0.744. The van der Waals surface area contributed by atoms with E-state index in [0.29, 0.717) is 17.0 Å². The Bertz CT molecular complexity index is 1040. The van der Waals surface area contributed by atoms with E-state index in [1.54, 1.807) is 36.4 Å². The van der Waals surface area contributed by atoms with Crippen LogP contribution in [0.2, 0.25) is 0 Å². The number of rotatable bonds is 7. The Morgan fingerprint density at radius 1 is 1.09 bits per heavy atom. The van der Waals surface area contributed by atoms with Crippen LogP contribution in [0.3, 0.4) is 0 Å². The summed E-state index contributed by atoms with van der Waals surface area (Å²) in [5.74, 6) is -1.37. The van der Waals surface area contributed by atoms with Gasteiger partial charge in [-0.15, -0.1) is 0 Å². The van der Waals surface area contributed by atoms with Gasteiger partial charge in [0.2, 0.25) is 5.91 Å². The molecule has 0 radical (unpaired) electrons. The maximum Gasteiger partial charge on any atom is 0.338 e. The van der Waals surface area contributed by atoms with E-state index in [9.17, 15) is 24.0 Å². The highest BCUT2D eigenvalue weighted by Crippen LogP contribution is 2.15. The zero-order chi connectivity index (χ0) is 23.1. The van der Waals surface area contributed by atoms with Gasteiger partial charge in [-0.3, -0.25) is 19.8 Å². The second kappa shape index (κ2) is 10.1. The summed E-state index contributed by atoms with van der Waals surface area (Å²) in [6.07, 6.45) is 0. The third kappa shape index (κ3) is 5.81. The van der Waals surface area contributed by atoms with Crippen molar-refractivity contribution in [3.63, 3.8) is 0 Å². The van der Waals surface area contributed by atoms with E-state index in [4.69, 9.17) is 9.47 Å². The molecule has 1 fully saturated rings. The fraction of sp³-hybridized carbons (Fsp3) is 0.190. The largest absolute Gasteiger partial charge is 0.497 e. The number of nitrogens with one attached hydrogen (secondary N) is 3. The highest BCUT2D eigenvalue weighted by atomic mass is 16.5. The van der Waals surface area contributed by atoms with Crippen molar-refractivity contribution in [2.24, 2.45) is 0 Å². The van der Waals surface area contributed by atoms with Gasteiger partial charge in [-0.05, 0) is 42.0 Å². The maximum atomic E-state index is 12.2. The molecule has 1 aliphatic rings. The molecule has 166 valence electrons. The Morgan fingerprint density at radius 2 is 1.84 bits per heavy atom. The number of methoxy groups -OCH3 is 1. The summed E-state index contributed by atoms with van der Waals surface area (Å²) in [7, 11) is 1.51. The first-order chi connectivity index (χ1) is 15.4. The minimum absolute atomic E-state index is 0.00218. The molecule has 0 saturated carbocycles. The van der Waals surface area contributed by atoms with E-state index in [-0.39, 0.29) is 24.6 Å². The van der Waals surface area contributed by atoms with E-state index in [1.807, 2.05) is 5.32 Å². The van der Waals surface area contributed by atoms with E-state index in [1.165, 1.54) is 19.2 Å². The van der Waals surface area contributed by atoms with Crippen LogP contribution >= 0.6 is 0 Å². The number of hydrogen-bond donors (Lipinski definition) is 3. The number of urea groups is 2. The zero-order valence-corrected chi connectivity index (χ0v) is 17.0. The van der Waals surface area contributed by atoms with Gasteiger partial charge in [-0.2, -0.15) is 0 Å². The molecule has 6 amide bonds. The highest BCUT2D eigenvalue weighted by molar-refractivity contribution is 6.03. The molecule has 1 heterocycles. The molecule has 11 nitrogen and oxygen atoms in total. The van der Waals surface area contributed by atoms with Gasteiger partial charge < -0.3 is 20.1 Å². The van der Waals surface area contributed by atoms with Crippen LogP contribution < -0.4 is 20.7 Å². The number of benzene rings is 2. The first-order valence-corrected chi connectivity index (χ1v) is 9.45. The van der Waals surface area contributed by atoms with Crippen LogP contribution in [-0.2, 0) is 20.9 Å². The SMILES string of the molecule is COc1ccc(NC(=O)NC(=O)COC(=O)c2cccc(CN3C(=O)CNC3=O)c2)cc1. The molecule has 1 aliphatic heterocycles. The summed E-state index contributed by atoms with van der Waals surface area (Å²) >= 11 is 0. The smallest absolute Gasteiger partial charge is 0.338 e. The second-order valence-electron chi connectivity index (χ2n) is 6.65. The lowest BCUT2D eigenvalue weighted by atomic mass is 10.1. The monoisotopic (exact) mass is 440 g/mol. The van der Waals surface area contributed by atoms with Crippen molar-refractivity contribution < 1.29 is 33.4 Å². The van der Waals surface area contributed by atoms with Crippen LogP contribution in [-0.4, -0.2) is 55.0 Å². The third-order valence-electron chi connectivity index (χ3n) is 4.38. The normalized spacial score (nSPS) is 12.7. The molecule has 2 aromatic rings. The molecule has 11 heteroatoms. The first kappa shape index (κ1) is 22.3. The molecule has 3 N–H and O–H groups in total. The fourth-order valence-electron chi connectivity index (χ4n) is 2.81. The zero-order valence-electron chi connectivity index (χ0n) is 17.0. The average molecular weight is 440 g/mol. The highest BCUT2D eigenvalue weighted by Gasteiger charge is 2.28. The number of esters is 1. The van der Waals surface area contributed by atoms with Gasteiger partial charge in [0, 0.05) is 5.69 Å². The van der Waals surface area contributed by atoms with Crippen LogP contribution in [0, 0.1) is 0 Å². The number of amides is 6. The third-order valence-corrected chi connectivity index (χ3v) is 4.38. The molecule has 0 aliphatic carbocycles. The van der Waals surface area contributed by atoms with Crippen LogP contribution in [0.5, 0.6) is 5.75 Å². The Balaban J connectivity index is 1.48. The number of carbonyl (C=O) groups is 5. The quantitative estimate of drug-likeness (QED) is 0.434. The fourth-order valence-corrected chi connectivity index (χ4v) is 2.81. The van der Waals surface area contributed by atoms with Crippen LogP contribution in [0.1, 0.15) is 15.9 Å². The van der Waals surface area contributed by atoms with Crippen molar-refractivity contribution in [3.8, 4) is 5.75 Å². The molecular weight excluding hydrogens is 420 g/mol. The lowest BCUT2D eigenvalue weighted by Gasteiger charge is -2.13. The number of imide groups is 2. The van der Waals surface area contributed by atoms with Crippen molar-refractivity contribution in [2.45, 2.75) is 6.54 Å². The number of ether oxygens (including phenoxy) is 2. The lowest BCUT2D eigenvalue weighted by Crippen LogP contribution is -2.37. The van der Waals surface area contributed by atoms with Gasteiger partial charge in [0.25, 0.3) is 5.91 Å². The topological polar surface area (TPSA) is 143 Å². The number of nitrogens with zero attached hydrogens (tertiary/aromatic N) is 1. The number of anilines is 1. The van der Waals surface area contributed by atoms with Crippen LogP contribution in [0.15, 0.2) is 48.5 Å². The molecular formula is C21H20N4O7. The van der Waals surface area contributed by atoms with E-state index in [2.05, 4.69) is 10.6 Å². The molecule has 0 spiro atoms. The van der Waals surface area contributed by atoms with Crippen molar-refractivity contribution >= 4 is 35.5 Å². The van der Waals surface area contributed by atoms with Gasteiger partial charge >= 0.3 is 18.0 Å². The average Bonchev–Trinajstić information content (AvgIpc) is 3.10. The van der Waals surface area contributed by atoms with E-state index >= 15 is 0 Å². The Labute approximate surface area is 182 Å². The first-order valence-electron chi connectivity index (χ1n) is 9.45. The van der Waals surface area contributed by atoms with Gasteiger partial charge in [0.15, 0.2) is 6.61 Å². The molecule has 32 heavy (non-hydrogen) atoms. The van der Waals surface area contributed by atoms with Crippen molar-refractivity contribution in [2.75, 3.05) is 25.6 Å². The van der Waals surface area contributed by atoms with E-state index < -0.39 is 30.5 Å². The summed E-state index contributed by atoms with van der Waals surface area (Å²) in [4.78, 5) is 60.3. The van der Waals surface area contributed by atoms with Gasteiger partial charge in [-0.25, -0.2) is 14.4 Å². The van der Waals surface area contributed by atoms with Crippen LogP contribution in [0.4, 0.5) is 15.3 Å².